The van der Waals surface area contributed by atoms with Crippen LogP contribution in [0, 0.1) is 0 Å². The number of hydrogen-bond acceptors (Lipinski definition) is 5. The summed E-state index contributed by atoms with van der Waals surface area (Å²) >= 11 is 0. The highest BCUT2D eigenvalue weighted by molar-refractivity contribution is 5.76. The Balaban J connectivity index is 1.41. The van der Waals surface area contributed by atoms with E-state index in [9.17, 15) is 4.79 Å². The lowest BCUT2D eigenvalue weighted by atomic mass is 9.99. The molecule has 0 bridgehead atoms. The number of rotatable bonds is 10. The van der Waals surface area contributed by atoms with Crippen LogP contribution in [0.5, 0.6) is 23.0 Å². The molecular weight excluding hydrogens is 384 g/mol. The third-order valence-electron chi connectivity index (χ3n) is 5.13. The van der Waals surface area contributed by atoms with E-state index >= 15 is 0 Å². The van der Waals surface area contributed by atoms with Crippen LogP contribution < -0.4 is 29.2 Å². The van der Waals surface area contributed by atoms with Crippen molar-refractivity contribution in [3.8, 4) is 23.0 Å². The number of quaternary nitrogens is 1. The Morgan fingerprint density at radius 2 is 1.63 bits per heavy atom. The van der Waals surface area contributed by atoms with Crippen molar-refractivity contribution in [1.82, 2.24) is 5.32 Å². The summed E-state index contributed by atoms with van der Waals surface area (Å²) in [5.41, 5.74) is 2.47. The summed E-state index contributed by atoms with van der Waals surface area (Å²) in [6.45, 7) is 5.64. The van der Waals surface area contributed by atoms with E-state index in [1.807, 2.05) is 43.3 Å². The molecule has 1 amide bonds. The number of methoxy groups -OCH3 is 2. The molecule has 0 fully saturated rings. The highest BCUT2D eigenvalue weighted by Crippen LogP contribution is 2.31. The third-order valence-corrected chi connectivity index (χ3v) is 5.13. The predicted molar refractivity (Wildman–Crippen MR) is 114 cm³/mol. The van der Waals surface area contributed by atoms with E-state index in [2.05, 4.69) is 5.32 Å². The van der Waals surface area contributed by atoms with Gasteiger partial charge < -0.3 is 29.2 Å². The molecule has 2 N–H and O–H groups in total. The van der Waals surface area contributed by atoms with E-state index in [4.69, 9.17) is 18.9 Å². The first-order valence-electron chi connectivity index (χ1n) is 10.3. The summed E-state index contributed by atoms with van der Waals surface area (Å²) in [5.74, 6) is 3.10. The molecule has 1 heterocycles. The zero-order valence-corrected chi connectivity index (χ0v) is 18.0. The van der Waals surface area contributed by atoms with Gasteiger partial charge in [0.25, 0.3) is 5.91 Å². The van der Waals surface area contributed by atoms with Gasteiger partial charge in [0.05, 0.1) is 33.9 Å². The van der Waals surface area contributed by atoms with Crippen molar-refractivity contribution in [3.63, 3.8) is 0 Å². The van der Waals surface area contributed by atoms with E-state index in [0.29, 0.717) is 26.3 Å². The molecule has 0 aliphatic carbocycles. The normalized spacial score (nSPS) is 15.1. The molecule has 0 saturated heterocycles. The van der Waals surface area contributed by atoms with E-state index in [0.717, 1.165) is 42.5 Å². The lowest BCUT2D eigenvalue weighted by Gasteiger charge is -2.26. The average Bonchev–Trinajstić information content (AvgIpc) is 2.77. The van der Waals surface area contributed by atoms with Crippen molar-refractivity contribution in [2.24, 2.45) is 0 Å². The molecule has 0 spiro atoms. The first-order valence-corrected chi connectivity index (χ1v) is 10.3. The highest BCUT2D eigenvalue weighted by Gasteiger charge is 2.23. The Kier molecular flexibility index (Phi) is 7.79. The molecule has 3 rings (SSSR count). The van der Waals surface area contributed by atoms with Crippen LogP contribution in [0.25, 0.3) is 0 Å². The number of nitrogens with one attached hydrogen (secondary N) is 2. The van der Waals surface area contributed by atoms with Crippen LogP contribution in [-0.4, -0.2) is 53.0 Å². The van der Waals surface area contributed by atoms with Gasteiger partial charge in [0.1, 0.15) is 24.7 Å². The standard InChI is InChI=1S/C23H30N2O5/c1-4-29-19-5-7-20(8-6-19)30-12-10-24-23(26)16-25-11-9-17-13-21(27-2)22(28-3)14-18(17)15-25/h5-8,13-14H,4,9-12,15-16H2,1-3H3,(H,24,26)/p+1. The number of carbonyl (C=O) groups is 1. The third kappa shape index (κ3) is 5.79. The summed E-state index contributed by atoms with van der Waals surface area (Å²) in [4.78, 5) is 13.6. The maximum atomic E-state index is 12.3. The summed E-state index contributed by atoms with van der Waals surface area (Å²) in [5, 5.41) is 2.94. The molecule has 0 aromatic heterocycles. The number of amides is 1. The van der Waals surface area contributed by atoms with Crippen LogP contribution in [-0.2, 0) is 17.8 Å². The second kappa shape index (κ2) is 10.7. The van der Waals surface area contributed by atoms with Crippen LogP contribution in [0.2, 0.25) is 0 Å². The molecule has 7 nitrogen and oxygen atoms in total. The van der Waals surface area contributed by atoms with Gasteiger partial charge in [0, 0.05) is 12.0 Å². The molecular formula is C23H31N2O5+. The maximum Gasteiger partial charge on any atom is 0.275 e. The Hall–Kier alpha value is -2.93. The quantitative estimate of drug-likeness (QED) is 0.572. The minimum atomic E-state index is 0.0317. The van der Waals surface area contributed by atoms with E-state index < -0.39 is 0 Å². The van der Waals surface area contributed by atoms with Crippen molar-refractivity contribution < 1.29 is 28.6 Å². The van der Waals surface area contributed by atoms with Gasteiger partial charge in [-0.3, -0.25) is 4.79 Å². The number of benzene rings is 2. The SMILES string of the molecule is CCOc1ccc(OCCNC(=O)C[NH+]2CCc3cc(OC)c(OC)cc3C2)cc1. The Bertz CT molecular complexity index is 838. The monoisotopic (exact) mass is 415 g/mol. The Morgan fingerprint density at radius 1 is 1.00 bits per heavy atom. The minimum absolute atomic E-state index is 0.0317. The fraction of sp³-hybridized carbons (Fsp3) is 0.435. The molecule has 1 unspecified atom stereocenters. The molecule has 2 aromatic rings. The zero-order chi connectivity index (χ0) is 21.3. The first kappa shape index (κ1) is 21.8. The molecule has 0 radical (unpaired) electrons. The van der Waals surface area contributed by atoms with Crippen LogP contribution in [0.1, 0.15) is 18.1 Å². The van der Waals surface area contributed by atoms with Crippen LogP contribution in [0.4, 0.5) is 0 Å². The molecule has 1 aliphatic rings. The second-order valence-corrected chi connectivity index (χ2v) is 7.18. The molecule has 1 aliphatic heterocycles. The van der Waals surface area contributed by atoms with Gasteiger partial charge in [-0.1, -0.05) is 0 Å². The van der Waals surface area contributed by atoms with E-state index in [1.165, 1.54) is 16.0 Å². The summed E-state index contributed by atoms with van der Waals surface area (Å²) in [6.07, 6.45) is 0.916. The summed E-state index contributed by atoms with van der Waals surface area (Å²) in [7, 11) is 3.29. The minimum Gasteiger partial charge on any atom is -0.494 e. The van der Waals surface area contributed by atoms with Gasteiger partial charge in [-0.2, -0.15) is 0 Å². The largest absolute Gasteiger partial charge is 0.494 e. The number of ether oxygens (including phenoxy) is 4. The lowest BCUT2D eigenvalue weighted by molar-refractivity contribution is -0.908. The van der Waals surface area contributed by atoms with Gasteiger partial charge in [-0.25, -0.2) is 0 Å². The highest BCUT2D eigenvalue weighted by atomic mass is 16.5. The van der Waals surface area contributed by atoms with E-state index in [-0.39, 0.29) is 5.91 Å². The Labute approximate surface area is 177 Å². The average molecular weight is 416 g/mol. The van der Waals surface area contributed by atoms with Crippen LogP contribution in [0.3, 0.4) is 0 Å². The van der Waals surface area contributed by atoms with Crippen molar-refractivity contribution in [2.45, 2.75) is 19.9 Å². The second-order valence-electron chi connectivity index (χ2n) is 7.18. The maximum absolute atomic E-state index is 12.3. The predicted octanol–water partition coefficient (Wildman–Crippen LogP) is 1.24. The van der Waals surface area contributed by atoms with E-state index in [1.54, 1.807) is 14.2 Å². The first-order chi connectivity index (χ1) is 14.6. The van der Waals surface area contributed by atoms with Gasteiger partial charge in [0.2, 0.25) is 0 Å². The van der Waals surface area contributed by atoms with Crippen molar-refractivity contribution >= 4 is 5.91 Å². The number of hydrogen-bond donors (Lipinski definition) is 2. The van der Waals surface area contributed by atoms with Gasteiger partial charge in [-0.15, -0.1) is 0 Å². The molecule has 162 valence electrons. The van der Waals surface area contributed by atoms with Gasteiger partial charge in [-0.05, 0) is 48.9 Å². The summed E-state index contributed by atoms with van der Waals surface area (Å²) < 4.78 is 21.9. The lowest BCUT2D eigenvalue weighted by Crippen LogP contribution is -3.12. The zero-order valence-electron chi connectivity index (χ0n) is 18.0. The molecule has 7 heteroatoms. The van der Waals surface area contributed by atoms with Crippen molar-refractivity contribution in [2.75, 3.05) is 47.1 Å². The number of fused-ring (bicyclic) bond motifs is 1. The van der Waals surface area contributed by atoms with Gasteiger partial charge in [0.15, 0.2) is 18.0 Å². The fourth-order valence-corrected chi connectivity index (χ4v) is 3.63. The van der Waals surface area contributed by atoms with Crippen LogP contribution >= 0.6 is 0 Å². The summed E-state index contributed by atoms with van der Waals surface area (Å²) in [6, 6.07) is 11.6. The molecule has 0 saturated carbocycles. The Morgan fingerprint density at radius 3 is 2.27 bits per heavy atom. The fourth-order valence-electron chi connectivity index (χ4n) is 3.63. The van der Waals surface area contributed by atoms with Gasteiger partial charge >= 0.3 is 0 Å². The molecule has 30 heavy (non-hydrogen) atoms. The van der Waals surface area contributed by atoms with Crippen molar-refractivity contribution in [3.05, 3.63) is 47.5 Å². The van der Waals surface area contributed by atoms with Crippen molar-refractivity contribution in [1.29, 1.82) is 0 Å². The molecule has 1 atom stereocenters. The number of carbonyl (C=O) groups excluding carboxylic acids is 1. The smallest absolute Gasteiger partial charge is 0.275 e. The molecule has 2 aromatic carbocycles. The van der Waals surface area contributed by atoms with Crippen LogP contribution in [0.15, 0.2) is 36.4 Å². The topological polar surface area (TPSA) is 70.5 Å².